The topological polar surface area (TPSA) is 247 Å². The largest absolute Gasteiger partial charge is 0.496 e. The minimum atomic E-state index is -1.62. The van der Waals surface area contributed by atoms with Crippen molar-refractivity contribution in [2.24, 2.45) is 0 Å². The van der Waals surface area contributed by atoms with Gasteiger partial charge in [-0.3, -0.25) is 9.59 Å². The van der Waals surface area contributed by atoms with Crippen LogP contribution in [0.25, 0.3) is 0 Å². The maximum Gasteiger partial charge on any atom is 0.408 e. The quantitative estimate of drug-likeness (QED) is 0.0521. The van der Waals surface area contributed by atoms with Gasteiger partial charge in [-0.15, -0.1) is 0 Å². The number of methoxy groups -OCH3 is 3. The Kier molecular flexibility index (Phi) is 21.0. The second-order valence-electron chi connectivity index (χ2n) is 15.3. The van der Waals surface area contributed by atoms with Gasteiger partial charge in [-0.25, -0.2) is 14.4 Å². The summed E-state index contributed by atoms with van der Waals surface area (Å²) in [6, 6.07) is 8.90. The highest BCUT2D eigenvalue weighted by atomic mass is 35.5. The summed E-state index contributed by atoms with van der Waals surface area (Å²) in [4.78, 5) is 62.2. The van der Waals surface area contributed by atoms with Crippen molar-refractivity contribution in [2.45, 2.75) is 128 Å². The van der Waals surface area contributed by atoms with E-state index >= 15 is 0 Å². The number of halogens is 1. The fourth-order valence-electron chi connectivity index (χ4n) is 6.21. The molecule has 0 aromatic heterocycles. The zero-order valence-corrected chi connectivity index (χ0v) is 36.3. The number of anilines is 1. The van der Waals surface area contributed by atoms with Gasteiger partial charge in [0, 0.05) is 38.2 Å². The van der Waals surface area contributed by atoms with Crippen molar-refractivity contribution in [3.8, 4) is 11.5 Å². The number of nitrogens with one attached hydrogen (secondary N) is 3. The molecule has 0 unspecified atom stereocenters. The van der Waals surface area contributed by atoms with E-state index < -0.39 is 67.0 Å². The van der Waals surface area contributed by atoms with Gasteiger partial charge >= 0.3 is 18.0 Å². The Morgan fingerprint density at radius 3 is 2.23 bits per heavy atom. The van der Waals surface area contributed by atoms with Gasteiger partial charge < -0.3 is 64.4 Å². The summed E-state index contributed by atoms with van der Waals surface area (Å²) in [6.07, 6.45) is -2.66. The standard InChI is InChI=1S/C42H60ClN3O15/c1-42(2,3)61-41(54)46-29(39(53)56-5)16-11-12-19-44-33(48)17-9-7-8-10-18-34(49)45-26-15-13-14-25(20-26)24-58-31-22-30(55-4)27(21-28(31)43)38(52)60-37-36(51)35(50)32(23-47)59-40(37)57-6/h13-15,20-22,29,32,35-37,40,47,50-51H,7-12,16-19,23-24H2,1-6H3,(H,44,48)(H,45,49)(H,46,54)/t29-,32+,35+,36-,37+,40-/m0/s1. The molecule has 6 atom stereocenters. The summed E-state index contributed by atoms with van der Waals surface area (Å²) in [6.45, 7) is 5.07. The van der Waals surface area contributed by atoms with Gasteiger partial charge in [-0.2, -0.15) is 0 Å². The number of rotatable bonds is 23. The molecule has 1 heterocycles. The van der Waals surface area contributed by atoms with E-state index in [0.717, 1.165) is 12.8 Å². The molecule has 0 radical (unpaired) electrons. The lowest BCUT2D eigenvalue weighted by molar-refractivity contribution is -0.293. The van der Waals surface area contributed by atoms with Crippen LogP contribution in [0.4, 0.5) is 10.5 Å². The van der Waals surface area contributed by atoms with Gasteiger partial charge in [0.15, 0.2) is 12.4 Å². The average molecular weight is 882 g/mol. The number of aliphatic hydroxyl groups excluding tert-OH is 3. The molecule has 6 N–H and O–H groups in total. The van der Waals surface area contributed by atoms with E-state index in [1.54, 1.807) is 45.0 Å². The van der Waals surface area contributed by atoms with Crippen LogP contribution in [-0.2, 0) is 44.7 Å². The van der Waals surface area contributed by atoms with E-state index in [9.17, 15) is 39.3 Å². The molecule has 18 nitrogen and oxygen atoms in total. The van der Waals surface area contributed by atoms with Crippen LogP contribution in [0.5, 0.6) is 11.5 Å². The number of ether oxygens (including phenoxy) is 7. The van der Waals surface area contributed by atoms with Gasteiger partial charge in [0.25, 0.3) is 0 Å². The SMILES string of the molecule is COC(=O)[C@H](CCCCNC(=O)CCCCCCC(=O)Nc1cccc(COc2cc(OC)c(C(=O)O[C@H]3[C@@H](OC)O[C@H](CO)[C@@H](O)[C@@H]3O)cc2Cl)c1)NC(=O)OC(C)(C)C. The van der Waals surface area contributed by atoms with Crippen LogP contribution < -0.4 is 25.4 Å². The number of unbranched alkanes of at least 4 members (excludes halogenated alkanes) is 4. The minimum absolute atomic E-state index is 0.0507. The summed E-state index contributed by atoms with van der Waals surface area (Å²) in [5.41, 5.74) is 0.487. The first kappa shape index (κ1) is 50.6. The van der Waals surface area contributed by atoms with Crippen LogP contribution >= 0.6 is 11.6 Å². The Bertz CT molecular complexity index is 1750. The van der Waals surface area contributed by atoms with Crippen LogP contribution in [0, 0.1) is 0 Å². The third-order valence-corrected chi connectivity index (χ3v) is 9.65. The fraction of sp³-hybridized carbons (Fsp3) is 0.595. The number of hydrogen-bond acceptors (Lipinski definition) is 15. The number of alkyl carbamates (subject to hydrolysis) is 1. The summed E-state index contributed by atoms with van der Waals surface area (Å²) < 4.78 is 37.3. The van der Waals surface area contributed by atoms with E-state index in [1.165, 1.54) is 33.5 Å². The molecule has 1 aliphatic heterocycles. The first-order valence-corrected chi connectivity index (χ1v) is 20.5. The fourth-order valence-corrected chi connectivity index (χ4v) is 6.43. The lowest BCUT2D eigenvalue weighted by Crippen LogP contribution is -2.60. The Morgan fingerprint density at radius 1 is 0.885 bits per heavy atom. The maximum absolute atomic E-state index is 13.2. The number of carbonyl (C=O) groups is 5. The summed E-state index contributed by atoms with van der Waals surface area (Å²) >= 11 is 6.47. The number of esters is 2. The first-order chi connectivity index (χ1) is 29.0. The van der Waals surface area contributed by atoms with E-state index in [4.69, 9.17) is 44.8 Å². The van der Waals surface area contributed by atoms with Gasteiger partial charge in [-0.1, -0.05) is 36.6 Å². The Labute approximate surface area is 360 Å². The molecule has 340 valence electrons. The lowest BCUT2D eigenvalue weighted by atomic mass is 9.99. The summed E-state index contributed by atoms with van der Waals surface area (Å²) in [5.74, 6) is -1.52. The first-order valence-electron chi connectivity index (χ1n) is 20.1. The molecule has 1 saturated heterocycles. The predicted molar refractivity (Wildman–Crippen MR) is 221 cm³/mol. The second-order valence-corrected chi connectivity index (χ2v) is 15.7. The van der Waals surface area contributed by atoms with Gasteiger partial charge in [0.2, 0.25) is 11.8 Å². The molecule has 3 rings (SSSR count). The second kappa shape index (κ2) is 25.3. The summed E-state index contributed by atoms with van der Waals surface area (Å²) in [5, 5.41) is 38.6. The van der Waals surface area contributed by atoms with Crippen molar-refractivity contribution in [3.63, 3.8) is 0 Å². The highest BCUT2D eigenvalue weighted by molar-refractivity contribution is 6.32. The molecule has 0 bridgehead atoms. The third kappa shape index (κ3) is 16.9. The molecule has 1 fully saturated rings. The highest BCUT2D eigenvalue weighted by Gasteiger charge is 2.47. The van der Waals surface area contributed by atoms with Gasteiger partial charge in [0.1, 0.15) is 53.6 Å². The summed E-state index contributed by atoms with van der Waals surface area (Å²) in [7, 11) is 3.83. The Balaban J connectivity index is 1.36. The predicted octanol–water partition coefficient (Wildman–Crippen LogP) is 4.17. The Morgan fingerprint density at radius 2 is 1.59 bits per heavy atom. The van der Waals surface area contributed by atoms with E-state index in [1.807, 2.05) is 0 Å². The van der Waals surface area contributed by atoms with Crippen LogP contribution in [-0.4, -0.2) is 122 Å². The number of benzene rings is 2. The molecular weight excluding hydrogens is 822 g/mol. The lowest BCUT2D eigenvalue weighted by Gasteiger charge is -2.40. The van der Waals surface area contributed by atoms with E-state index in [0.29, 0.717) is 62.7 Å². The maximum atomic E-state index is 13.2. The Hall–Kier alpha value is -4.72. The van der Waals surface area contributed by atoms with Crippen molar-refractivity contribution in [3.05, 3.63) is 52.5 Å². The molecule has 1 aliphatic rings. The number of hydrogen-bond donors (Lipinski definition) is 6. The van der Waals surface area contributed by atoms with Crippen LogP contribution in [0.15, 0.2) is 36.4 Å². The van der Waals surface area contributed by atoms with E-state index in [2.05, 4.69) is 16.0 Å². The third-order valence-electron chi connectivity index (χ3n) is 9.36. The van der Waals surface area contributed by atoms with Gasteiger partial charge in [0.05, 0.1) is 25.8 Å². The molecule has 19 heteroatoms. The van der Waals surface area contributed by atoms with Crippen LogP contribution in [0.1, 0.15) is 94.5 Å². The van der Waals surface area contributed by atoms with Crippen LogP contribution in [0.2, 0.25) is 5.02 Å². The van der Waals surface area contributed by atoms with Crippen molar-refractivity contribution in [2.75, 3.05) is 39.8 Å². The van der Waals surface area contributed by atoms with Gasteiger partial charge in [-0.05, 0) is 76.6 Å². The molecule has 3 amide bonds. The van der Waals surface area contributed by atoms with Crippen molar-refractivity contribution >= 4 is 47.1 Å². The van der Waals surface area contributed by atoms with E-state index in [-0.39, 0.29) is 40.5 Å². The normalized spacial score (nSPS) is 19.2. The molecule has 2 aromatic rings. The molecule has 2 aromatic carbocycles. The number of amides is 3. The molecule has 61 heavy (non-hydrogen) atoms. The zero-order valence-electron chi connectivity index (χ0n) is 35.5. The molecule has 0 aliphatic carbocycles. The number of aliphatic hydroxyl groups is 3. The van der Waals surface area contributed by atoms with Crippen LogP contribution in [0.3, 0.4) is 0 Å². The monoisotopic (exact) mass is 881 g/mol. The average Bonchev–Trinajstić information content (AvgIpc) is 3.21. The number of carbonyl (C=O) groups excluding carboxylic acids is 5. The molecule has 0 saturated carbocycles. The van der Waals surface area contributed by atoms with Crippen molar-refractivity contribution < 1.29 is 72.5 Å². The molecule has 0 spiro atoms. The highest BCUT2D eigenvalue weighted by Crippen LogP contribution is 2.35. The minimum Gasteiger partial charge on any atom is -0.496 e. The smallest absolute Gasteiger partial charge is 0.408 e. The molecular formula is C42H60ClN3O15. The van der Waals surface area contributed by atoms with Crippen molar-refractivity contribution in [1.29, 1.82) is 0 Å². The van der Waals surface area contributed by atoms with Crippen molar-refractivity contribution in [1.82, 2.24) is 10.6 Å². The zero-order chi connectivity index (χ0) is 45.1.